The number of nitrogens with one attached hydrogen (secondary N) is 1. The Balaban J connectivity index is 1.87. The molecule has 0 unspecified atom stereocenters. The number of aryl methyl sites for hydroxylation is 2. The summed E-state index contributed by atoms with van der Waals surface area (Å²) in [6.45, 7) is 5.59. The summed E-state index contributed by atoms with van der Waals surface area (Å²) in [6, 6.07) is 8.87. The van der Waals surface area contributed by atoms with Gasteiger partial charge in [-0.25, -0.2) is 14.5 Å². The van der Waals surface area contributed by atoms with Crippen molar-refractivity contribution in [1.82, 2.24) is 14.8 Å². The normalized spacial score (nSPS) is 10.5. The highest BCUT2D eigenvalue weighted by molar-refractivity contribution is 6.06. The molecule has 7 heteroatoms. The van der Waals surface area contributed by atoms with Crippen molar-refractivity contribution >= 4 is 17.6 Å². The Kier molecular flexibility index (Phi) is 5.03. The number of benzene rings is 2. The van der Waals surface area contributed by atoms with Crippen molar-refractivity contribution in [1.29, 1.82) is 0 Å². The summed E-state index contributed by atoms with van der Waals surface area (Å²) in [7, 11) is 1.34. The van der Waals surface area contributed by atoms with Gasteiger partial charge in [-0.15, -0.1) is 0 Å². The number of carbonyl (C=O) groups excluding carboxylic acids is 2. The van der Waals surface area contributed by atoms with E-state index in [9.17, 15) is 9.59 Å². The Morgan fingerprint density at radius 2 is 1.81 bits per heavy atom. The molecule has 0 bridgehead atoms. The zero-order valence-electron chi connectivity index (χ0n) is 15.6. The predicted octanol–water partition coefficient (Wildman–Crippen LogP) is 3.23. The highest BCUT2D eigenvalue weighted by Gasteiger charge is 2.15. The monoisotopic (exact) mass is 364 g/mol. The van der Waals surface area contributed by atoms with E-state index in [-0.39, 0.29) is 5.91 Å². The summed E-state index contributed by atoms with van der Waals surface area (Å²) in [5.41, 5.74) is 4.86. The number of esters is 1. The highest BCUT2D eigenvalue weighted by atomic mass is 16.5. The van der Waals surface area contributed by atoms with Crippen LogP contribution in [0.3, 0.4) is 0 Å². The zero-order valence-corrected chi connectivity index (χ0v) is 15.6. The molecule has 1 N–H and O–H groups in total. The maximum Gasteiger partial charge on any atom is 0.338 e. The molecule has 0 saturated heterocycles. The molecule has 0 aliphatic carbocycles. The van der Waals surface area contributed by atoms with Gasteiger partial charge in [0.2, 0.25) is 0 Å². The van der Waals surface area contributed by atoms with E-state index in [1.165, 1.54) is 13.4 Å². The molecule has 0 atom stereocenters. The number of rotatable bonds is 4. The molecule has 0 radical (unpaired) electrons. The summed E-state index contributed by atoms with van der Waals surface area (Å²) in [5, 5.41) is 6.94. The predicted molar refractivity (Wildman–Crippen MR) is 101 cm³/mol. The molecule has 0 spiro atoms. The first-order chi connectivity index (χ1) is 12.9. The Morgan fingerprint density at radius 1 is 1.04 bits per heavy atom. The van der Waals surface area contributed by atoms with Crippen LogP contribution in [-0.2, 0) is 4.74 Å². The minimum atomic E-state index is -0.430. The van der Waals surface area contributed by atoms with Gasteiger partial charge in [0.05, 0.1) is 18.4 Å². The molecule has 0 aliphatic rings. The number of amides is 1. The van der Waals surface area contributed by atoms with Crippen LogP contribution in [0.4, 0.5) is 5.69 Å². The molecule has 3 aromatic rings. The number of hydrogen-bond acceptors (Lipinski definition) is 5. The van der Waals surface area contributed by atoms with Crippen LogP contribution < -0.4 is 5.32 Å². The molecule has 7 nitrogen and oxygen atoms in total. The summed E-state index contributed by atoms with van der Waals surface area (Å²) >= 11 is 0. The summed E-state index contributed by atoms with van der Waals surface area (Å²) in [5.74, 6) is -0.684. The third kappa shape index (κ3) is 3.72. The van der Waals surface area contributed by atoms with Gasteiger partial charge in [0.25, 0.3) is 5.91 Å². The zero-order chi connectivity index (χ0) is 19.6. The molecule has 0 fully saturated rings. The fraction of sp³-hybridized carbons (Fsp3) is 0.200. The van der Waals surface area contributed by atoms with Crippen LogP contribution in [0, 0.1) is 20.8 Å². The van der Waals surface area contributed by atoms with Crippen LogP contribution in [0.1, 0.15) is 37.4 Å². The summed E-state index contributed by atoms with van der Waals surface area (Å²) in [4.78, 5) is 28.6. The Hall–Kier alpha value is -3.48. The lowest BCUT2D eigenvalue weighted by Gasteiger charge is -2.13. The molecular weight excluding hydrogens is 344 g/mol. The standard InChI is InChI=1S/C20H20N4O3/c1-12-7-15(9-18(14(12)3)20(26)27-4)23-19(25)17-6-5-16(8-13(17)2)24-11-21-10-22-24/h5-11H,1-4H3,(H,23,25). The van der Waals surface area contributed by atoms with Crippen molar-refractivity contribution in [3.8, 4) is 5.69 Å². The van der Waals surface area contributed by atoms with Gasteiger partial charge in [-0.1, -0.05) is 0 Å². The van der Waals surface area contributed by atoms with E-state index in [4.69, 9.17) is 4.74 Å². The van der Waals surface area contributed by atoms with Crippen LogP contribution in [0.5, 0.6) is 0 Å². The lowest BCUT2D eigenvalue weighted by molar-refractivity contribution is 0.0599. The lowest BCUT2D eigenvalue weighted by Crippen LogP contribution is -2.15. The fourth-order valence-electron chi connectivity index (χ4n) is 2.84. The number of aromatic nitrogens is 3. The van der Waals surface area contributed by atoms with Crippen molar-refractivity contribution in [2.45, 2.75) is 20.8 Å². The number of nitrogens with zero attached hydrogens (tertiary/aromatic N) is 3. The minimum absolute atomic E-state index is 0.253. The number of ether oxygens (including phenoxy) is 1. The first kappa shape index (κ1) is 18.3. The van der Waals surface area contributed by atoms with Crippen molar-refractivity contribution < 1.29 is 14.3 Å². The maximum absolute atomic E-state index is 12.7. The van der Waals surface area contributed by atoms with Crippen LogP contribution >= 0.6 is 0 Å². The van der Waals surface area contributed by atoms with Crippen LogP contribution in [-0.4, -0.2) is 33.8 Å². The topological polar surface area (TPSA) is 86.1 Å². The highest BCUT2D eigenvalue weighted by Crippen LogP contribution is 2.22. The van der Waals surface area contributed by atoms with Crippen molar-refractivity contribution in [2.24, 2.45) is 0 Å². The third-order valence-electron chi connectivity index (χ3n) is 4.47. The van der Waals surface area contributed by atoms with Gasteiger partial charge in [0.15, 0.2) is 0 Å². The Morgan fingerprint density at radius 3 is 2.44 bits per heavy atom. The van der Waals surface area contributed by atoms with E-state index in [1.807, 2.05) is 32.9 Å². The first-order valence-corrected chi connectivity index (χ1v) is 8.37. The van der Waals surface area contributed by atoms with E-state index in [0.717, 1.165) is 22.4 Å². The Bertz CT molecular complexity index is 1010. The molecule has 138 valence electrons. The first-order valence-electron chi connectivity index (χ1n) is 8.37. The molecule has 1 heterocycles. The van der Waals surface area contributed by atoms with Crippen LogP contribution in [0.15, 0.2) is 43.0 Å². The second-order valence-corrected chi connectivity index (χ2v) is 6.25. The molecule has 1 amide bonds. The van der Waals surface area contributed by atoms with E-state index in [0.29, 0.717) is 16.8 Å². The lowest BCUT2D eigenvalue weighted by atomic mass is 10.0. The second kappa shape index (κ2) is 7.41. The van der Waals surface area contributed by atoms with Gasteiger partial charge in [0, 0.05) is 11.3 Å². The smallest absolute Gasteiger partial charge is 0.338 e. The average Bonchev–Trinajstić information content (AvgIpc) is 3.18. The fourth-order valence-corrected chi connectivity index (χ4v) is 2.84. The molecule has 0 aliphatic heterocycles. The molecular formula is C20H20N4O3. The minimum Gasteiger partial charge on any atom is -0.465 e. The third-order valence-corrected chi connectivity index (χ3v) is 4.47. The Labute approximate surface area is 157 Å². The molecule has 27 heavy (non-hydrogen) atoms. The largest absolute Gasteiger partial charge is 0.465 e. The quantitative estimate of drug-likeness (QED) is 0.718. The van der Waals surface area contributed by atoms with Gasteiger partial charge in [-0.2, -0.15) is 5.10 Å². The number of carbonyl (C=O) groups is 2. The summed E-state index contributed by atoms with van der Waals surface area (Å²) in [6.07, 6.45) is 3.05. The van der Waals surface area contributed by atoms with Gasteiger partial charge in [0.1, 0.15) is 12.7 Å². The SMILES string of the molecule is COC(=O)c1cc(NC(=O)c2ccc(-n3cncn3)cc2C)cc(C)c1C. The van der Waals surface area contributed by atoms with E-state index >= 15 is 0 Å². The van der Waals surface area contributed by atoms with E-state index < -0.39 is 5.97 Å². The molecule has 3 rings (SSSR count). The maximum atomic E-state index is 12.7. The summed E-state index contributed by atoms with van der Waals surface area (Å²) < 4.78 is 6.45. The van der Waals surface area contributed by atoms with E-state index in [2.05, 4.69) is 15.4 Å². The number of anilines is 1. The second-order valence-electron chi connectivity index (χ2n) is 6.25. The number of hydrogen-bond donors (Lipinski definition) is 1. The molecule has 0 saturated carbocycles. The van der Waals surface area contributed by atoms with Crippen molar-refractivity contribution in [3.05, 3.63) is 70.8 Å². The van der Waals surface area contributed by atoms with Gasteiger partial charge in [-0.3, -0.25) is 4.79 Å². The average molecular weight is 364 g/mol. The van der Waals surface area contributed by atoms with Crippen molar-refractivity contribution in [3.63, 3.8) is 0 Å². The van der Waals surface area contributed by atoms with E-state index in [1.54, 1.807) is 29.2 Å². The molecule has 2 aromatic carbocycles. The van der Waals surface area contributed by atoms with Gasteiger partial charge >= 0.3 is 5.97 Å². The van der Waals surface area contributed by atoms with Gasteiger partial charge < -0.3 is 10.1 Å². The molecule has 1 aromatic heterocycles. The van der Waals surface area contributed by atoms with Gasteiger partial charge in [-0.05, 0) is 67.8 Å². The van der Waals surface area contributed by atoms with Crippen molar-refractivity contribution in [2.75, 3.05) is 12.4 Å². The van der Waals surface area contributed by atoms with Crippen LogP contribution in [0.25, 0.3) is 5.69 Å². The van der Waals surface area contributed by atoms with Crippen LogP contribution in [0.2, 0.25) is 0 Å². The number of methoxy groups -OCH3 is 1.